The van der Waals surface area contributed by atoms with Crippen molar-refractivity contribution in [3.8, 4) is 5.75 Å². The van der Waals surface area contributed by atoms with E-state index in [9.17, 15) is 5.11 Å². The van der Waals surface area contributed by atoms with Gasteiger partial charge in [0.05, 0.1) is 11.0 Å². The molecule has 19 heavy (non-hydrogen) atoms. The Morgan fingerprint density at radius 3 is 2.63 bits per heavy atom. The minimum absolute atomic E-state index is 0.260. The number of H-pyrrole nitrogens is 1. The van der Waals surface area contributed by atoms with E-state index in [1.807, 2.05) is 42.5 Å². The highest BCUT2D eigenvalue weighted by molar-refractivity contribution is 6.31. The molecular weight excluding hydrogens is 260 g/mol. The molecule has 1 aromatic heterocycles. The zero-order valence-corrected chi connectivity index (χ0v) is 10.7. The van der Waals surface area contributed by atoms with Crippen LogP contribution in [0.2, 0.25) is 5.02 Å². The van der Waals surface area contributed by atoms with Crippen LogP contribution in [-0.4, -0.2) is 15.1 Å². The number of aromatic amines is 1. The minimum Gasteiger partial charge on any atom is -0.508 e. The van der Waals surface area contributed by atoms with Gasteiger partial charge >= 0.3 is 0 Å². The number of fused-ring (bicyclic) bond motifs is 1. The van der Waals surface area contributed by atoms with Crippen molar-refractivity contribution >= 4 is 34.8 Å². The van der Waals surface area contributed by atoms with Crippen molar-refractivity contribution in [2.45, 2.75) is 0 Å². The zero-order valence-electron chi connectivity index (χ0n) is 9.97. The Bertz CT molecular complexity index is 744. The summed E-state index contributed by atoms with van der Waals surface area (Å²) in [6.07, 6.45) is 3.82. The van der Waals surface area contributed by atoms with E-state index in [2.05, 4.69) is 9.97 Å². The Balaban J connectivity index is 1.90. The number of imidazole rings is 1. The lowest BCUT2D eigenvalue weighted by molar-refractivity contribution is 0.475. The van der Waals surface area contributed by atoms with Gasteiger partial charge in [0.2, 0.25) is 0 Å². The molecule has 0 spiro atoms. The molecule has 0 fully saturated rings. The molecule has 0 saturated heterocycles. The quantitative estimate of drug-likeness (QED) is 0.737. The highest BCUT2D eigenvalue weighted by Crippen LogP contribution is 2.18. The lowest BCUT2D eigenvalue weighted by atomic mass is 10.2. The third-order valence-corrected chi connectivity index (χ3v) is 3.02. The van der Waals surface area contributed by atoms with E-state index in [0.717, 1.165) is 22.4 Å². The van der Waals surface area contributed by atoms with Crippen LogP contribution < -0.4 is 0 Å². The molecule has 0 amide bonds. The molecule has 4 heteroatoms. The lowest BCUT2D eigenvalue weighted by Gasteiger charge is -1.93. The first-order valence-corrected chi connectivity index (χ1v) is 6.21. The molecule has 0 saturated carbocycles. The van der Waals surface area contributed by atoms with Gasteiger partial charge in [0.1, 0.15) is 11.6 Å². The molecule has 0 bridgehead atoms. The second-order valence-electron chi connectivity index (χ2n) is 4.21. The van der Waals surface area contributed by atoms with Crippen molar-refractivity contribution in [2.24, 2.45) is 0 Å². The third-order valence-electron chi connectivity index (χ3n) is 2.79. The van der Waals surface area contributed by atoms with E-state index >= 15 is 0 Å². The summed E-state index contributed by atoms with van der Waals surface area (Å²) in [5.74, 6) is 1.03. The fraction of sp³-hybridized carbons (Fsp3) is 0. The van der Waals surface area contributed by atoms with Crippen molar-refractivity contribution in [3.05, 3.63) is 58.9 Å². The number of nitrogens with one attached hydrogen (secondary N) is 1. The SMILES string of the molecule is Oc1ccc(/C=C/c2nc3ccc(Cl)cc3[nH]2)cc1. The molecule has 0 atom stereocenters. The molecule has 94 valence electrons. The maximum absolute atomic E-state index is 9.21. The molecule has 3 aromatic rings. The molecule has 0 aliphatic heterocycles. The molecule has 3 rings (SSSR count). The number of halogens is 1. The number of hydrogen-bond donors (Lipinski definition) is 2. The lowest BCUT2D eigenvalue weighted by Crippen LogP contribution is -1.74. The number of phenols is 1. The fourth-order valence-electron chi connectivity index (χ4n) is 1.84. The normalized spacial score (nSPS) is 11.4. The minimum atomic E-state index is 0.260. The van der Waals surface area contributed by atoms with Gasteiger partial charge in [-0.1, -0.05) is 29.8 Å². The first-order valence-electron chi connectivity index (χ1n) is 5.83. The van der Waals surface area contributed by atoms with E-state index in [4.69, 9.17) is 11.6 Å². The summed E-state index contributed by atoms with van der Waals surface area (Å²) in [7, 11) is 0. The van der Waals surface area contributed by atoms with Crippen LogP contribution in [0, 0.1) is 0 Å². The van der Waals surface area contributed by atoms with Crippen LogP contribution in [0.5, 0.6) is 5.75 Å². The molecule has 0 unspecified atom stereocenters. The molecular formula is C15H11ClN2O. The van der Waals surface area contributed by atoms with Gasteiger partial charge in [0.25, 0.3) is 0 Å². The average molecular weight is 271 g/mol. The highest BCUT2D eigenvalue weighted by atomic mass is 35.5. The second-order valence-corrected chi connectivity index (χ2v) is 4.64. The van der Waals surface area contributed by atoms with E-state index in [0.29, 0.717) is 5.02 Å². The predicted octanol–water partition coefficient (Wildman–Crippen LogP) is 4.09. The number of rotatable bonds is 2. The van der Waals surface area contributed by atoms with Gasteiger partial charge in [0, 0.05) is 5.02 Å². The van der Waals surface area contributed by atoms with Gasteiger partial charge in [-0.15, -0.1) is 0 Å². The van der Waals surface area contributed by atoms with Crippen LogP contribution in [0.15, 0.2) is 42.5 Å². The summed E-state index contributed by atoms with van der Waals surface area (Å²) in [4.78, 5) is 7.62. The summed E-state index contributed by atoms with van der Waals surface area (Å²) < 4.78 is 0. The Morgan fingerprint density at radius 2 is 1.84 bits per heavy atom. The van der Waals surface area contributed by atoms with Crippen LogP contribution in [0.25, 0.3) is 23.2 Å². The number of nitrogens with zero attached hydrogens (tertiary/aromatic N) is 1. The summed E-state index contributed by atoms with van der Waals surface area (Å²) in [6, 6.07) is 12.5. The van der Waals surface area contributed by atoms with Crippen LogP contribution in [0.4, 0.5) is 0 Å². The molecule has 0 aliphatic carbocycles. The van der Waals surface area contributed by atoms with E-state index < -0.39 is 0 Å². The van der Waals surface area contributed by atoms with Crippen LogP contribution in [0.3, 0.4) is 0 Å². The summed E-state index contributed by atoms with van der Waals surface area (Å²) in [5.41, 5.74) is 2.80. The Labute approximate surface area is 115 Å². The van der Waals surface area contributed by atoms with E-state index in [1.165, 1.54) is 0 Å². The van der Waals surface area contributed by atoms with Gasteiger partial charge in [-0.05, 0) is 42.0 Å². The summed E-state index contributed by atoms with van der Waals surface area (Å²) >= 11 is 5.93. The maximum atomic E-state index is 9.21. The van der Waals surface area contributed by atoms with Gasteiger partial charge in [-0.25, -0.2) is 4.98 Å². The van der Waals surface area contributed by atoms with E-state index in [1.54, 1.807) is 12.1 Å². The van der Waals surface area contributed by atoms with E-state index in [-0.39, 0.29) is 5.75 Å². The molecule has 2 aromatic carbocycles. The van der Waals surface area contributed by atoms with Gasteiger partial charge < -0.3 is 10.1 Å². The first kappa shape index (κ1) is 11.8. The number of hydrogen-bond acceptors (Lipinski definition) is 2. The Hall–Kier alpha value is -2.26. The Morgan fingerprint density at radius 1 is 1.05 bits per heavy atom. The van der Waals surface area contributed by atoms with Crippen LogP contribution >= 0.6 is 11.6 Å². The smallest absolute Gasteiger partial charge is 0.131 e. The van der Waals surface area contributed by atoms with Crippen molar-refractivity contribution < 1.29 is 5.11 Å². The largest absolute Gasteiger partial charge is 0.508 e. The predicted molar refractivity (Wildman–Crippen MR) is 78.1 cm³/mol. The standard InChI is InChI=1S/C15H11ClN2O/c16-11-4-7-13-14(9-11)18-15(17-13)8-3-10-1-5-12(19)6-2-10/h1-9,19H,(H,17,18)/b8-3+. The van der Waals surface area contributed by atoms with Crippen molar-refractivity contribution in [3.63, 3.8) is 0 Å². The summed E-state index contributed by atoms with van der Waals surface area (Å²) in [5, 5.41) is 9.89. The van der Waals surface area contributed by atoms with Crippen molar-refractivity contribution in [2.75, 3.05) is 0 Å². The third kappa shape index (κ3) is 2.61. The first-order chi connectivity index (χ1) is 9.20. The second kappa shape index (κ2) is 4.78. The average Bonchev–Trinajstić information content (AvgIpc) is 2.80. The number of aromatic nitrogens is 2. The number of phenolic OH excluding ortho intramolecular Hbond substituents is 1. The summed E-state index contributed by atoms with van der Waals surface area (Å²) in [6.45, 7) is 0. The highest BCUT2D eigenvalue weighted by Gasteiger charge is 2.00. The van der Waals surface area contributed by atoms with Crippen molar-refractivity contribution in [1.82, 2.24) is 9.97 Å². The molecule has 0 aliphatic rings. The topological polar surface area (TPSA) is 48.9 Å². The van der Waals surface area contributed by atoms with Gasteiger partial charge in [-0.3, -0.25) is 0 Å². The zero-order chi connectivity index (χ0) is 13.2. The molecule has 1 heterocycles. The van der Waals surface area contributed by atoms with Crippen LogP contribution in [-0.2, 0) is 0 Å². The monoisotopic (exact) mass is 270 g/mol. The fourth-order valence-corrected chi connectivity index (χ4v) is 2.01. The number of benzene rings is 2. The molecule has 0 radical (unpaired) electrons. The van der Waals surface area contributed by atoms with Crippen LogP contribution in [0.1, 0.15) is 11.4 Å². The van der Waals surface area contributed by atoms with Crippen molar-refractivity contribution in [1.29, 1.82) is 0 Å². The Kier molecular flexibility index (Phi) is 2.97. The van der Waals surface area contributed by atoms with Gasteiger partial charge in [0.15, 0.2) is 0 Å². The van der Waals surface area contributed by atoms with Gasteiger partial charge in [-0.2, -0.15) is 0 Å². The maximum Gasteiger partial charge on any atom is 0.131 e. The molecule has 2 N–H and O–H groups in total. The number of aromatic hydroxyl groups is 1. The molecule has 3 nitrogen and oxygen atoms in total.